The van der Waals surface area contributed by atoms with Gasteiger partial charge in [-0.15, -0.1) is 0 Å². The first-order chi connectivity index (χ1) is 9.62. The van der Waals surface area contributed by atoms with Gasteiger partial charge in [0.05, 0.1) is 13.2 Å². The average molecular weight is 294 g/mol. The molecule has 4 heteroatoms. The van der Waals surface area contributed by atoms with Crippen molar-refractivity contribution in [1.29, 1.82) is 0 Å². The number of anilines is 1. The molecule has 0 saturated heterocycles. The van der Waals surface area contributed by atoms with Crippen LogP contribution < -0.4 is 10.1 Å². The molecule has 2 aromatic carbocycles. The molecule has 2 nitrogen and oxygen atoms in total. The summed E-state index contributed by atoms with van der Waals surface area (Å²) in [4.78, 5) is 0. The van der Waals surface area contributed by atoms with Crippen LogP contribution in [0.2, 0.25) is 5.02 Å². The number of ether oxygens (including phenoxy) is 1. The molecule has 2 aromatic rings. The lowest BCUT2D eigenvalue weighted by molar-refractivity contribution is 0.414. The molecule has 0 saturated carbocycles. The molecule has 106 valence electrons. The topological polar surface area (TPSA) is 21.3 Å². The highest BCUT2D eigenvalue weighted by Gasteiger charge is 2.10. The van der Waals surface area contributed by atoms with Gasteiger partial charge in [0.15, 0.2) is 0 Å². The highest BCUT2D eigenvalue weighted by atomic mass is 35.5. The Morgan fingerprint density at radius 1 is 1.20 bits per heavy atom. The highest BCUT2D eigenvalue weighted by molar-refractivity contribution is 6.30. The van der Waals surface area contributed by atoms with Crippen molar-refractivity contribution in [3.63, 3.8) is 0 Å². The van der Waals surface area contributed by atoms with Crippen LogP contribution in [0.3, 0.4) is 0 Å². The van der Waals surface area contributed by atoms with Crippen molar-refractivity contribution in [2.24, 2.45) is 0 Å². The van der Waals surface area contributed by atoms with Gasteiger partial charge in [0.2, 0.25) is 0 Å². The lowest BCUT2D eigenvalue weighted by Gasteiger charge is -2.19. The van der Waals surface area contributed by atoms with Crippen LogP contribution in [0, 0.1) is 5.82 Å². The SMILES string of the molecule is CCC(Nc1cc(F)cc(Cl)c1)c1ccc(OC)cc1. The molecule has 0 amide bonds. The van der Waals surface area contributed by atoms with Gasteiger partial charge < -0.3 is 10.1 Å². The zero-order chi connectivity index (χ0) is 14.5. The van der Waals surface area contributed by atoms with Gasteiger partial charge in [-0.25, -0.2) is 4.39 Å². The van der Waals surface area contributed by atoms with Crippen LogP contribution in [0.4, 0.5) is 10.1 Å². The average Bonchev–Trinajstić information content (AvgIpc) is 2.44. The molecule has 2 rings (SSSR count). The first kappa shape index (κ1) is 14.7. The van der Waals surface area contributed by atoms with E-state index in [9.17, 15) is 4.39 Å². The summed E-state index contributed by atoms with van der Waals surface area (Å²) in [5.41, 5.74) is 1.80. The van der Waals surface area contributed by atoms with Gasteiger partial charge in [-0.1, -0.05) is 30.7 Å². The fourth-order valence-corrected chi connectivity index (χ4v) is 2.32. The van der Waals surface area contributed by atoms with Gasteiger partial charge in [-0.2, -0.15) is 0 Å². The van der Waals surface area contributed by atoms with E-state index in [0.717, 1.165) is 17.7 Å². The summed E-state index contributed by atoms with van der Waals surface area (Å²) in [6.07, 6.45) is 0.875. The minimum absolute atomic E-state index is 0.0961. The van der Waals surface area contributed by atoms with Crippen LogP contribution in [0.15, 0.2) is 42.5 Å². The Balaban J connectivity index is 2.19. The summed E-state index contributed by atoms with van der Waals surface area (Å²) in [7, 11) is 1.64. The van der Waals surface area contributed by atoms with Crippen molar-refractivity contribution in [2.75, 3.05) is 12.4 Å². The quantitative estimate of drug-likeness (QED) is 0.833. The number of hydrogen-bond donors (Lipinski definition) is 1. The molecule has 0 radical (unpaired) electrons. The number of halogens is 2. The molecule has 0 heterocycles. The van der Waals surface area contributed by atoms with E-state index in [1.165, 1.54) is 12.1 Å². The van der Waals surface area contributed by atoms with E-state index in [1.807, 2.05) is 24.3 Å². The predicted octanol–water partition coefficient (Wildman–Crippen LogP) is 5.05. The predicted molar refractivity (Wildman–Crippen MR) is 81.1 cm³/mol. The lowest BCUT2D eigenvalue weighted by Crippen LogP contribution is -2.09. The van der Waals surface area contributed by atoms with E-state index >= 15 is 0 Å². The van der Waals surface area contributed by atoms with Crippen LogP contribution >= 0.6 is 11.6 Å². The van der Waals surface area contributed by atoms with Gasteiger partial charge in [0.1, 0.15) is 11.6 Å². The Hall–Kier alpha value is -1.74. The molecule has 1 atom stereocenters. The zero-order valence-corrected chi connectivity index (χ0v) is 12.2. The Bertz CT molecular complexity index is 551. The third-order valence-electron chi connectivity index (χ3n) is 3.13. The van der Waals surface area contributed by atoms with Gasteiger partial charge in [0, 0.05) is 10.7 Å². The first-order valence-electron chi connectivity index (χ1n) is 6.49. The zero-order valence-electron chi connectivity index (χ0n) is 11.5. The number of nitrogens with one attached hydrogen (secondary N) is 1. The summed E-state index contributed by atoms with van der Waals surface area (Å²) < 4.78 is 18.5. The Labute approximate surface area is 123 Å². The van der Waals surface area contributed by atoms with Crippen molar-refractivity contribution in [3.8, 4) is 5.75 Å². The van der Waals surface area contributed by atoms with Gasteiger partial charge >= 0.3 is 0 Å². The van der Waals surface area contributed by atoms with Crippen molar-refractivity contribution in [1.82, 2.24) is 0 Å². The number of benzene rings is 2. The second kappa shape index (κ2) is 6.62. The van der Waals surface area contributed by atoms with Gasteiger partial charge in [-0.3, -0.25) is 0 Å². The van der Waals surface area contributed by atoms with Crippen molar-refractivity contribution < 1.29 is 9.13 Å². The van der Waals surface area contributed by atoms with Crippen LogP contribution in [0.1, 0.15) is 24.9 Å². The number of methoxy groups -OCH3 is 1. The summed E-state index contributed by atoms with van der Waals surface area (Å²) in [6, 6.07) is 12.4. The third-order valence-corrected chi connectivity index (χ3v) is 3.35. The molecule has 0 aromatic heterocycles. The van der Waals surface area contributed by atoms with Crippen molar-refractivity contribution in [2.45, 2.75) is 19.4 Å². The Kier molecular flexibility index (Phi) is 4.85. The number of rotatable bonds is 5. The first-order valence-corrected chi connectivity index (χ1v) is 6.86. The minimum Gasteiger partial charge on any atom is -0.497 e. The summed E-state index contributed by atoms with van der Waals surface area (Å²) >= 11 is 5.87. The molecule has 0 aliphatic rings. The van der Waals surface area contributed by atoms with E-state index in [4.69, 9.17) is 16.3 Å². The summed E-state index contributed by atoms with van der Waals surface area (Å²) in [5.74, 6) is 0.474. The summed E-state index contributed by atoms with van der Waals surface area (Å²) in [6.45, 7) is 2.07. The van der Waals surface area contributed by atoms with E-state index in [1.54, 1.807) is 13.2 Å². The smallest absolute Gasteiger partial charge is 0.126 e. The summed E-state index contributed by atoms with van der Waals surface area (Å²) in [5, 5.41) is 3.69. The second-order valence-electron chi connectivity index (χ2n) is 4.54. The van der Waals surface area contributed by atoms with Crippen LogP contribution in [-0.2, 0) is 0 Å². The maximum atomic E-state index is 13.3. The molecular weight excluding hydrogens is 277 g/mol. The molecular formula is C16H17ClFNO. The molecule has 20 heavy (non-hydrogen) atoms. The molecule has 0 fully saturated rings. The molecule has 1 unspecified atom stereocenters. The largest absolute Gasteiger partial charge is 0.497 e. The Morgan fingerprint density at radius 2 is 1.90 bits per heavy atom. The minimum atomic E-state index is -0.343. The van der Waals surface area contributed by atoms with Crippen LogP contribution in [0.5, 0.6) is 5.75 Å². The van der Waals surface area contributed by atoms with E-state index < -0.39 is 0 Å². The molecule has 1 N–H and O–H groups in total. The monoisotopic (exact) mass is 293 g/mol. The fourth-order valence-electron chi connectivity index (χ4n) is 2.10. The van der Waals surface area contributed by atoms with Gasteiger partial charge in [-0.05, 0) is 42.3 Å². The standard InChI is InChI=1S/C16H17ClFNO/c1-3-16(11-4-6-15(20-2)7-5-11)19-14-9-12(17)8-13(18)10-14/h4-10,16,19H,3H2,1-2H3. The normalized spacial score (nSPS) is 12.0. The van der Waals surface area contributed by atoms with E-state index in [2.05, 4.69) is 12.2 Å². The molecule has 0 spiro atoms. The lowest BCUT2D eigenvalue weighted by atomic mass is 10.0. The maximum absolute atomic E-state index is 13.3. The van der Waals surface area contributed by atoms with E-state index in [-0.39, 0.29) is 11.9 Å². The van der Waals surface area contributed by atoms with Crippen LogP contribution in [0.25, 0.3) is 0 Å². The number of hydrogen-bond acceptors (Lipinski definition) is 2. The molecule has 0 aliphatic carbocycles. The molecule has 0 aliphatic heterocycles. The van der Waals surface area contributed by atoms with Crippen LogP contribution in [-0.4, -0.2) is 7.11 Å². The van der Waals surface area contributed by atoms with E-state index in [0.29, 0.717) is 10.7 Å². The van der Waals surface area contributed by atoms with Gasteiger partial charge in [0.25, 0.3) is 0 Å². The van der Waals surface area contributed by atoms with Crippen molar-refractivity contribution >= 4 is 17.3 Å². The fraction of sp³-hybridized carbons (Fsp3) is 0.250. The highest BCUT2D eigenvalue weighted by Crippen LogP contribution is 2.26. The maximum Gasteiger partial charge on any atom is 0.126 e. The second-order valence-corrected chi connectivity index (χ2v) is 4.97. The third kappa shape index (κ3) is 3.64. The molecule has 0 bridgehead atoms. The Morgan fingerprint density at radius 3 is 2.45 bits per heavy atom. The van der Waals surface area contributed by atoms with Crippen molar-refractivity contribution in [3.05, 3.63) is 58.9 Å².